The molecule has 1 heterocycles. The molecule has 0 unspecified atom stereocenters. The molecule has 0 atom stereocenters. The number of amides is 1. The number of nitrogens with one attached hydrogen (secondary N) is 1. The topological polar surface area (TPSA) is 55.1 Å². The molecule has 0 aliphatic heterocycles. The average Bonchev–Trinajstić information content (AvgIpc) is 2.88. The van der Waals surface area contributed by atoms with Gasteiger partial charge in [0.2, 0.25) is 5.91 Å². The molecular formula is C19H25FN2O2. The van der Waals surface area contributed by atoms with E-state index in [1.807, 2.05) is 27.7 Å². The van der Waals surface area contributed by atoms with E-state index in [9.17, 15) is 9.18 Å². The van der Waals surface area contributed by atoms with Crippen molar-refractivity contribution < 1.29 is 13.6 Å². The van der Waals surface area contributed by atoms with Crippen LogP contribution in [0.3, 0.4) is 0 Å². The number of benzene rings is 1. The number of oxazole rings is 1. The second kappa shape index (κ2) is 7.60. The molecule has 1 amide bonds. The first kappa shape index (κ1) is 18.2. The number of hydrogen-bond donors (Lipinski definition) is 1. The molecule has 0 aliphatic carbocycles. The molecule has 0 bridgehead atoms. The maximum absolute atomic E-state index is 12.8. The van der Waals surface area contributed by atoms with Crippen LogP contribution in [0.25, 0.3) is 0 Å². The lowest BCUT2D eigenvalue weighted by atomic mass is 9.97. The molecule has 24 heavy (non-hydrogen) atoms. The monoisotopic (exact) mass is 332 g/mol. The minimum Gasteiger partial charge on any atom is -0.445 e. The quantitative estimate of drug-likeness (QED) is 0.877. The van der Waals surface area contributed by atoms with Crippen molar-refractivity contribution in [3.8, 4) is 0 Å². The van der Waals surface area contributed by atoms with E-state index < -0.39 is 0 Å². The highest BCUT2D eigenvalue weighted by atomic mass is 19.1. The van der Waals surface area contributed by atoms with Crippen LogP contribution in [0, 0.1) is 12.7 Å². The molecule has 0 fully saturated rings. The summed E-state index contributed by atoms with van der Waals surface area (Å²) in [7, 11) is 0. The summed E-state index contributed by atoms with van der Waals surface area (Å²) in [5.41, 5.74) is 1.71. The highest BCUT2D eigenvalue weighted by Crippen LogP contribution is 2.24. The van der Waals surface area contributed by atoms with Crippen LogP contribution in [0.5, 0.6) is 0 Å². The van der Waals surface area contributed by atoms with Crippen LogP contribution in [0.2, 0.25) is 0 Å². The molecule has 1 aromatic heterocycles. The summed E-state index contributed by atoms with van der Waals surface area (Å²) in [6.07, 6.45) is 1.59. The first-order valence-corrected chi connectivity index (χ1v) is 8.23. The molecule has 130 valence electrons. The number of carbonyl (C=O) groups is 1. The Morgan fingerprint density at radius 3 is 2.46 bits per heavy atom. The number of nitrogens with zero attached hydrogens (tertiary/aromatic N) is 1. The number of hydrogen-bond acceptors (Lipinski definition) is 3. The van der Waals surface area contributed by atoms with Crippen LogP contribution in [-0.4, -0.2) is 17.4 Å². The van der Waals surface area contributed by atoms with Gasteiger partial charge in [0.15, 0.2) is 5.89 Å². The van der Waals surface area contributed by atoms with Gasteiger partial charge in [0, 0.05) is 24.8 Å². The zero-order valence-electron chi connectivity index (χ0n) is 14.8. The van der Waals surface area contributed by atoms with Crippen molar-refractivity contribution in [1.82, 2.24) is 10.3 Å². The van der Waals surface area contributed by atoms with Crippen molar-refractivity contribution in [2.45, 2.75) is 52.4 Å². The largest absolute Gasteiger partial charge is 0.445 e. The van der Waals surface area contributed by atoms with Gasteiger partial charge in [-0.2, -0.15) is 0 Å². The molecular weight excluding hydrogens is 307 g/mol. The predicted octanol–water partition coefficient (Wildman–Crippen LogP) is 3.71. The molecule has 0 radical (unpaired) electrons. The van der Waals surface area contributed by atoms with E-state index >= 15 is 0 Å². The average molecular weight is 332 g/mol. The van der Waals surface area contributed by atoms with Gasteiger partial charge in [-0.15, -0.1) is 0 Å². The van der Waals surface area contributed by atoms with Gasteiger partial charge < -0.3 is 9.73 Å². The Hall–Kier alpha value is -2.17. The van der Waals surface area contributed by atoms with Crippen molar-refractivity contribution >= 4 is 5.91 Å². The van der Waals surface area contributed by atoms with Crippen LogP contribution in [0.1, 0.15) is 50.1 Å². The van der Waals surface area contributed by atoms with Gasteiger partial charge in [0.25, 0.3) is 0 Å². The van der Waals surface area contributed by atoms with E-state index in [4.69, 9.17) is 4.42 Å². The fourth-order valence-electron chi connectivity index (χ4n) is 2.29. The summed E-state index contributed by atoms with van der Waals surface area (Å²) < 4.78 is 18.6. The Kier molecular flexibility index (Phi) is 5.75. The molecule has 0 aliphatic rings. The van der Waals surface area contributed by atoms with Crippen molar-refractivity contribution in [3.63, 3.8) is 0 Å². The summed E-state index contributed by atoms with van der Waals surface area (Å²) in [6, 6.07) is 6.31. The van der Waals surface area contributed by atoms with Crippen molar-refractivity contribution in [1.29, 1.82) is 0 Å². The minimum absolute atomic E-state index is 0.0229. The molecule has 1 aromatic carbocycles. The van der Waals surface area contributed by atoms with Crippen molar-refractivity contribution in [2.75, 3.05) is 6.54 Å². The fourth-order valence-corrected chi connectivity index (χ4v) is 2.29. The number of rotatable bonds is 6. The lowest BCUT2D eigenvalue weighted by Gasteiger charge is -2.12. The molecule has 0 spiro atoms. The third kappa shape index (κ3) is 5.18. The van der Waals surface area contributed by atoms with E-state index in [-0.39, 0.29) is 17.1 Å². The van der Waals surface area contributed by atoms with Crippen LogP contribution in [-0.2, 0) is 23.1 Å². The van der Waals surface area contributed by atoms with E-state index in [2.05, 4.69) is 10.3 Å². The summed E-state index contributed by atoms with van der Waals surface area (Å²) in [4.78, 5) is 16.4. The second-order valence-electron chi connectivity index (χ2n) is 7.00. The number of halogens is 1. The Balaban J connectivity index is 1.77. The van der Waals surface area contributed by atoms with E-state index in [1.54, 1.807) is 12.1 Å². The van der Waals surface area contributed by atoms with E-state index in [0.29, 0.717) is 31.7 Å². The van der Waals surface area contributed by atoms with Gasteiger partial charge in [-0.1, -0.05) is 32.9 Å². The van der Waals surface area contributed by atoms with Crippen LogP contribution < -0.4 is 5.32 Å². The fraction of sp³-hybridized carbons (Fsp3) is 0.474. The summed E-state index contributed by atoms with van der Waals surface area (Å²) in [5.74, 6) is 1.20. The summed E-state index contributed by atoms with van der Waals surface area (Å²) >= 11 is 0. The number of aromatic nitrogens is 1. The molecule has 5 heteroatoms. The van der Waals surface area contributed by atoms with Crippen LogP contribution >= 0.6 is 0 Å². The Morgan fingerprint density at radius 2 is 1.88 bits per heavy atom. The molecule has 2 rings (SSSR count). The molecule has 1 N–H and O–H groups in total. The lowest BCUT2D eigenvalue weighted by Crippen LogP contribution is -2.25. The Bertz CT molecular complexity index is 684. The Labute approximate surface area is 142 Å². The third-order valence-electron chi connectivity index (χ3n) is 3.76. The van der Waals surface area contributed by atoms with Crippen LogP contribution in [0.4, 0.5) is 4.39 Å². The highest BCUT2D eigenvalue weighted by Gasteiger charge is 2.22. The van der Waals surface area contributed by atoms with Crippen molar-refractivity contribution in [2.24, 2.45) is 0 Å². The minimum atomic E-state index is -0.250. The maximum atomic E-state index is 12.8. The van der Waals surface area contributed by atoms with Gasteiger partial charge in [-0.05, 0) is 31.0 Å². The lowest BCUT2D eigenvalue weighted by molar-refractivity contribution is -0.121. The van der Waals surface area contributed by atoms with Gasteiger partial charge >= 0.3 is 0 Å². The predicted molar refractivity (Wildman–Crippen MR) is 91.4 cm³/mol. The van der Waals surface area contributed by atoms with Gasteiger partial charge in [-0.25, -0.2) is 9.37 Å². The first-order valence-electron chi connectivity index (χ1n) is 8.23. The summed E-state index contributed by atoms with van der Waals surface area (Å²) in [5, 5.41) is 2.88. The third-order valence-corrected chi connectivity index (χ3v) is 3.76. The standard InChI is InChI=1S/C19H25FN2O2/c1-13-16(24-18(22-13)19(2,3)4)9-10-17(23)21-12-11-14-5-7-15(20)8-6-14/h5-8H,9-12H2,1-4H3,(H,21,23). The van der Waals surface area contributed by atoms with Crippen LogP contribution in [0.15, 0.2) is 28.7 Å². The highest BCUT2D eigenvalue weighted by molar-refractivity contribution is 5.76. The SMILES string of the molecule is Cc1nc(C(C)(C)C)oc1CCC(=O)NCCc1ccc(F)cc1. The van der Waals surface area contributed by atoms with Gasteiger partial charge in [0.05, 0.1) is 5.69 Å². The first-order chi connectivity index (χ1) is 11.3. The molecule has 4 nitrogen and oxygen atoms in total. The summed E-state index contributed by atoms with van der Waals surface area (Å²) in [6.45, 7) is 8.58. The number of aryl methyl sites for hydroxylation is 2. The van der Waals surface area contributed by atoms with Crippen molar-refractivity contribution in [3.05, 3.63) is 53.0 Å². The smallest absolute Gasteiger partial charge is 0.220 e. The second-order valence-corrected chi connectivity index (χ2v) is 7.00. The van der Waals surface area contributed by atoms with Gasteiger partial charge in [-0.3, -0.25) is 4.79 Å². The molecule has 2 aromatic rings. The molecule has 0 saturated carbocycles. The Morgan fingerprint density at radius 1 is 1.21 bits per heavy atom. The van der Waals surface area contributed by atoms with E-state index in [1.165, 1.54) is 12.1 Å². The zero-order chi connectivity index (χ0) is 17.7. The van der Waals surface area contributed by atoms with E-state index in [0.717, 1.165) is 17.0 Å². The zero-order valence-corrected chi connectivity index (χ0v) is 14.8. The normalized spacial score (nSPS) is 11.5. The number of carbonyl (C=O) groups excluding carboxylic acids is 1. The molecule has 0 saturated heterocycles. The van der Waals surface area contributed by atoms with Gasteiger partial charge in [0.1, 0.15) is 11.6 Å². The maximum Gasteiger partial charge on any atom is 0.220 e.